The van der Waals surface area contributed by atoms with Gasteiger partial charge in [0, 0.05) is 12.1 Å². The summed E-state index contributed by atoms with van der Waals surface area (Å²) in [6.45, 7) is 0. The summed E-state index contributed by atoms with van der Waals surface area (Å²) in [6, 6.07) is 3.72. The van der Waals surface area contributed by atoms with E-state index < -0.39 is 10.9 Å². The summed E-state index contributed by atoms with van der Waals surface area (Å²) in [5.74, 6) is -1.20. The third kappa shape index (κ3) is 2.40. The molecule has 0 aromatic heterocycles. The predicted molar refractivity (Wildman–Crippen MR) is 62.7 cm³/mol. The number of aliphatic hydroxyl groups is 1. The quantitative estimate of drug-likeness (QED) is 0.548. The zero-order chi connectivity index (χ0) is 13.3. The summed E-state index contributed by atoms with van der Waals surface area (Å²) in [5, 5.41) is 31.7. The second-order valence-electron chi connectivity index (χ2n) is 4.26. The number of benzene rings is 1. The summed E-state index contributed by atoms with van der Waals surface area (Å²) in [6.07, 6.45) is 0.718. The van der Waals surface area contributed by atoms with Crippen molar-refractivity contribution >= 4 is 17.3 Å². The Morgan fingerprint density at radius 3 is 2.61 bits per heavy atom. The first kappa shape index (κ1) is 12.3. The number of anilines is 1. The highest BCUT2D eigenvalue weighted by atomic mass is 16.6. The maximum absolute atomic E-state index is 10.9. The van der Waals surface area contributed by atoms with E-state index in [1.54, 1.807) is 0 Å². The Morgan fingerprint density at radius 1 is 1.44 bits per heavy atom. The molecular weight excluding hydrogens is 240 g/mol. The molecule has 0 bridgehead atoms. The van der Waals surface area contributed by atoms with Gasteiger partial charge in [-0.3, -0.25) is 10.1 Å². The number of nitrogens with zero attached hydrogens (tertiary/aromatic N) is 1. The molecule has 0 saturated heterocycles. The lowest BCUT2D eigenvalue weighted by Gasteiger charge is -2.32. The SMILES string of the molecule is O=C(O)c1ccc(NC2CC(O)C2)c([N+](=O)[O-])c1. The second kappa shape index (κ2) is 4.61. The van der Waals surface area contributed by atoms with E-state index in [0.29, 0.717) is 12.8 Å². The Labute approximate surface area is 102 Å². The van der Waals surface area contributed by atoms with Gasteiger partial charge in [-0.05, 0) is 25.0 Å². The molecule has 1 fully saturated rings. The number of aliphatic hydroxyl groups excluding tert-OH is 1. The highest BCUT2D eigenvalue weighted by Gasteiger charge is 2.29. The van der Waals surface area contributed by atoms with Crippen LogP contribution in [0.5, 0.6) is 0 Å². The van der Waals surface area contributed by atoms with Crippen molar-refractivity contribution < 1.29 is 19.9 Å². The third-order valence-corrected chi connectivity index (χ3v) is 2.91. The fourth-order valence-corrected chi connectivity index (χ4v) is 1.86. The Bertz CT molecular complexity index is 496. The Morgan fingerprint density at radius 2 is 2.11 bits per heavy atom. The number of nitro benzene ring substituents is 1. The molecule has 7 heteroatoms. The van der Waals surface area contributed by atoms with Gasteiger partial charge < -0.3 is 15.5 Å². The summed E-state index contributed by atoms with van der Waals surface area (Å²) in [4.78, 5) is 21.0. The van der Waals surface area contributed by atoms with Gasteiger partial charge >= 0.3 is 5.97 Å². The zero-order valence-corrected chi connectivity index (χ0v) is 9.37. The maximum Gasteiger partial charge on any atom is 0.335 e. The van der Waals surface area contributed by atoms with Gasteiger partial charge in [-0.2, -0.15) is 0 Å². The standard InChI is InChI=1S/C11H12N2O5/c14-8-4-7(5-8)12-9-2-1-6(11(15)16)3-10(9)13(17)18/h1-3,7-8,12,14H,4-5H2,(H,15,16). The van der Waals surface area contributed by atoms with Crippen LogP contribution in [0.4, 0.5) is 11.4 Å². The number of rotatable bonds is 4. The number of hydrogen-bond donors (Lipinski definition) is 3. The van der Waals surface area contributed by atoms with Crippen molar-refractivity contribution in [1.29, 1.82) is 0 Å². The second-order valence-corrected chi connectivity index (χ2v) is 4.26. The van der Waals surface area contributed by atoms with Gasteiger partial charge in [-0.1, -0.05) is 0 Å². The first-order valence-corrected chi connectivity index (χ1v) is 5.43. The van der Waals surface area contributed by atoms with Crippen LogP contribution >= 0.6 is 0 Å². The molecule has 0 radical (unpaired) electrons. The summed E-state index contributed by atoms with van der Waals surface area (Å²) >= 11 is 0. The van der Waals surface area contributed by atoms with Crippen molar-refractivity contribution in [3.63, 3.8) is 0 Å². The van der Waals surface area contributed by atoms with E-state index >= 15 is 0 Å². The summed E-state index contributed by atoms with van der Waals surface area (Å²) in [5.41, 5.74) is -0.112. The lowest BCUT2D eigenvalue weighted by Crippen LogP contribution is -2.39. The van der Waals surface area contributed by atoms with E-state index in [2.05, 4.69) is 5.32 Å². The van der Waals surface area contributed by atoms with Crippen LogP contribution < -0.4 is 5.32 Å². The number of carboxylic acid groups (broad SMARTS) is 1. The van der Waals surface area contributed by atoms with Crippen molar-refractivity contribution in [3.8, 4) is 0 Å². The molecule has 7 nitrogen and oxygen atoms in total. The first-order chi connectivity index (χ1) is 8.47. The molecule has 0 heterocycles. The minimum absolute atomic E-state index is 0.00521. The molecule has 0 aliphatic heterocycles. The molecule has 1 aromatic carbocycles. The maximum atomic E-state index is 10.9. The lowest BCUT2D eigenvalue weighted by molar-refractivity contribution is -0.384. The highest BCUT2D eigenvalue weighted by Crippen LogP contribution is 2.30. The van der Waals surface area contributed by atoms with Crippen LogP contribution in [0.15, 0.2) is 18.2 Å². The fraction of sp³-hybridized carbons (Fsp3) is 0.364. The molecule has 1 aromatic rings. The van der Waals surface area contributed by atoms with E-state index in [-0.39, 0.29) is 29.1 Å². The van der Waals surface area contributed by atoms with E-state index in [1.807, 2.05) is 0 Å². The normalized spacial score (nSPS) is 22.1. The van der Waals surface area contributed by atoms with Gasteiger partial charge in [0.25, 0.3) is 5.69 Å². The average molecular weight is 252 g/mol. The number of hydrogen-bond acceptors (Lipinski definition) is 5. The topological polar surface area (TPSA) is 113 Å². The van der Waals surface area contributed by atoms with Crippen molar-refractivity contribution in [2.75, 3.05) is 5.32 Å². The lowest BCUT2D eigenvalue weighted by atomic mass is 9.89. The van der Waals surface area contributed by atoms with E-state index in [1.165, 1.54) is 12.1 Å². The molecule has 18 heavy (non-hydrogen) atoms. The van der Waals surface area contributed by atoms with Crippen LogP contribution in [-0.2, 0) is 0 Å². The number of aromatic carboxylic acids is 1. The minimum Gasteiger partial charge on any atom is -0.478 e. The fourth-order valence-electron chi connectivity index (χ4n) is 1.86. The summed E-state index contributed by atoms with van der Waals surface area (Å²) in [7, 11) is 0. The van der Waals surface area contributed by atoms with Gasteiger partial charge in [0.2, 0.25) is 0 Å². The van der Waals surface area contributed by atoms with E-state index in [9.17, 15) is 14.9 Å². The molecule has 3 N–H and O–H groups in total. The predicted octanol–water partition coefficient (Wildman–Crippen LogP) is 1.23. The molecule has 0 amide bonds. The summed E-state index contributed by atoms with van der Waals surface area (Å²) < 4.78 is 0. The molecule has 0 atom stereocenters. The van der Waals surface area contributed by atoms with Gasteiger partial charge in [0.1, 0.15) is 5.69 Å². The highest BCUT2D eigenvalue weighted by molar-refractivity contribution is 5.89. The molecule has 0 unspecified atom stereocenters. The van der Waals surface area contributed by atoms with E-state index in [4.69, 9.17) is 10.2 Å². The Hall–Kier alpha value is -2.15. The third-order valence-electron chi connectivity index (χ3n) is 2.91. The van der Waals surface area contributed by atoms with Gasteiger partial charge in [0.05, 0.1) is 16.6 Å². The number of nitro groups is 1. The van der Waals surface area contributed by atoms with Crippen molar-refractivity contribution in [3.05, 3.63) is 33.9 Å². The van der Waals surface area contributed by atoms with Crippen LogP contribution in [0.3, 0.4) is 0 Å². The monoisotopic (exact) mass is 252 g/mol. The van der Waals surface area contributed by atoms with Gasteiger partial charge in [-0.25, -0.2) is 4.79 Å². The largest absolute Gasteiger partial charge is 0.478 e. The smallest absolute Gasteiger partial charge is 0.335 e. The van der Waals surface area contributed by atoms with Crippen LogP contribution in [0, 0.1) is 10.1 Å². The molecule has 96 valence electrons. The molecular formula is C11H12N2O5. The van der Waals surface area contributed by atoms with Gasteiger partial charge in [-0.15, -0.1) is 0 Å². The Balaban J connectivity index is 2.23. The number of carboxylic acids is 1. The number of carbonyl (C=O) groups is 1. The molecule has 1 aliphatic carbocycles. The molecule has 2 rings (SSSR count). The first-order valence-electron chi connectivity index (χ1n) is 5.43. The Kier molecular flexibility index (Phi) is 3.15. The van der Waals surface area contributed by atoms with Crippen LogP contribution in [-0.4, -0.2) is 33.3 Å². The molecule has 1 saturated carbocycles. The van der Waals surface area contributed by atoms with Crippen LogP contribution in [0.25, 0.3) is 0 Å². The minimum atomic E-state index is -1.20. The van der Waals surface area contributed by atoms with Gasteiger partial charge in [0.15, 0.2) is 0 Å². The average Bonchev–Trinajstić information content (AvgIpc) is 2.26. The molecule has 1 aliphatic rings. The zero-order valence-electron chi connectivity index (χ0n) is 9.37. The van der Waals surface area contributed by atoms with Crippen molar-refractivity contribution in [1.82, 2.24) is 0 Å². The van der Waals surface area contributed by atoms with E-state index in [0.717, 1.165) is 6.07 Å². The van der Waals surface area contributed by atoms with Crippen molar-refractivity contribution in [2.45, 2.75) is 25.0 Å². The molecule has 0 spiro atoms. The van der Waals surface area contributed by atoms with Crippen molar-refractivity contribution in [2.24, 2.45) is 0 Å². The van der Waals surface area contributed by atoms with Crippen LogP contribution in [0.1, 0.15) is 23.2 Å². The van der Waals surface area contributed by atoms with Crippen LogP contribution in [0.2, 0.25) is 0 Å². The number of nitrogens with one attached hydrogen (secondary N) is 1.